The van der Waals surface area contributed by atoms with E-state index in [9.17, 15) is 0 Å². The minimum absolute atomic E-state index is 0.405. The molecule has 102 valence electrons. The second-order valence-corrected chi connectivity index (χ2v) is 5.84. The molecule has 4 heteroatoms. The number of hydrogen-bond donors (Lipinski definition) is 1. The van der Waals surface area contributed by atoms with E-state index in [1.807, 2.05) is 12.1 Å². The van der Waals surface area contributed by atoms with Crippen molar-refractivity contribution in [1.82, 2.24) is 9.55 Å². The number of benzene rings is 1. The molecule has 0 unspecified atom stereocenters. The summed E-state index contributed by atoms with van der Waals surface area (Å²) in [6, 6.07) is 6.05. The van der Waals surface area contributed by atoms with E-state index in [2.05, 4.69) is 29.5 Å². The van der Waals surface area contributed by atoms with Gasteiger partial charge in [-0.15, -0.1) is 0 Å². The van der Waals surface area contributed by atoms with Crippen LogP contribution in [-0.4, -0.2) is 16.2 Å². The summed E-state index contributed by atoms with van der Waals surface area (Å²) >= 11 is 0. The van der Waals surface area contributed by atoms with Crippen LogP contribution in [0.4, 0.5) is 5.95 Å². The molecule has 1 fully saturated rings. The molecule has 0 radical (unpaired) electrons. The van der Waals surface area contributed by atoms with Crippen molar-refractivity contribution in [3.63, 3.8) is 0 Å². The number of aromatic nitrogens is 2. The zero-order chi connectivity index (χ0) is 13.5. The van der Waals surface area contributed by atoms with Crippen LogP contribution in [-0.2, 0) is 6.54 Å². The van der Waals surface area contributed by atoms with Crippen molar-refractivity contribution >= 4 is 17.0 Å². The zero-order valence-electron chi connectivity index (χ0n) is 11.6. The van der Waals surface area contributed by atoms with Crippen molar-refractivity contribution in [3.8, 4) is 5.75 Å². The maximum atomic E-state index is 6.08. The van der Waals surface area contributed by atoms with E-state index in [4.69, 9.17) is 10.5 Å². The molecule has 0 aliphatic heterocycles. The van der Waals surface area contributed by atoms with Crippen LogP contribution in [0.2, 0.25) is 0 Å². The summed E-state index contributed by atoms with van der Waals surface area (Å²) in [5.74, 6) is 1.43. The first-order valence-corrected chi connectivity index (χ1v) is 7.00. The average molecular weight is 259 g/mol. The summed E-state index contributed by atoms with van der Waals surface area (Å²) in [7, 11) is 0. The molecule has 4 nitrogen and oxygen atoms in total. The molecular weight excluding hydrogens is 238 g/mol. The molecule has 0 atom stereocenters. The highest BCUT2D eigenvalue weighted by molar-refractivity contribution is 5.84. The Bertz CT molecular complexity index is 599. The Morgan fingerprint density at radius 3 is 2.89 bits per heavy atom. The number of nitrogens with two attached hydrogens (primary N) is 1. The third kappa shape index (κ3) is 2.27. The highest BCUT2D eigenvalue weighted by Gasteiger charge is 2.38. The zero-order valence-corrected chi connectivity index (χ0v) is 11.6. The van der Waals surface area contributed by atoms with Crippen LogP contribution in [0.5, 0.6) is 5.75 Å². The normalized spacial score (nSPS) is 16.7. The van der Waals surface area contributed by atoms with E-state index in [0.717, 1.165) is 29.7 Å². The predicted molar refractivity (Wildman–Crippen MR) is 77.3 cm³/mol. The number of hydrogen-bond acceptors (Lipinski definition) is 3. The molecule has 1 aliphatic carbocycles. The minimum Gasteiger partial charge on any atom is -0.491 e. The molecule has 1 saturated carbocycles. The van der Waals surface area contributed by atoms with Crippen LogP contribution >= 0.6 is 0 Å². The van der Waals surface area contributed by atoms with Crippen molar-refractivity contribution in [2.45, 2.75) is 39.7 Å². The van der Waals surface area contributed by atoms with Crippen LogP contribution in [0.15, 0.2) is 18.2 Å². The third-order valence-electron chi connectivity index (χ3n) is 3.88. The lowest BCUT2D eigenvalue weighted by Crippen LogP contribution is -2.10. The van der Waals surface area contributed by atoms with Gasteiger partial charge < -0.3 is 15.0 Å². The molecule has 1 heterocycles. The first-order valence-electron chi connectivity index (χ1n) is 7.00. The Morgan fingerprint density at radius 2 is 2.21 bits per heavy atom. The van der Waals surface area contributed by atoms with Gasteiger partial charge >= 0.3 is 0 Å². The fourth-order valence-electron chi connectivity index (χ4n) is 2.39. The van der Waals surface area contributed by atoms with Gasteiger partial charge in [0, 0.05) is 6.54 Å². The van der Waals surface area contributed by atoms with E-state index >= 15 is 0 Å². The molecule has 0 saturated heterocycles. The summed E-state index contributed by atoms with van der Waals surface area (Å²) in [5, 5.41) is 0. The highest BCUT2D eigenvalue weighted by Crippen LogP contribution is 2.47. The second-order valence-electron chi connectivity index (χ2n) is 5.84. The lowest BCUT2D eigenvalue weighted by atomic mass is 10.1. The fraction of sp³-hybridized carbons (Fsp3) is 0.533. The molecule has 1 aliphatic rings. The Morgan fingerprint density at radius 1 is 1.42 bits per heavy atom. The number of fused-ring (bicyclic) bond motifs is 1. The van der Waals surface area contributed by atoms with Gasteiger partial charge in [-0.3, -0.25) is 0 Å². The van der Waals surface area contributed by atoms with Crippen LogP contribution in [0.1, 0.15) is 33.1 Å². The Kier molecular flexibility index (Phi) is 2.88. The van der Waals surface area contributed by atoms with Gasteiger partial charge in [0.2, 0.25) is 5.95 Å². The van der Waals surface area contributed by atoms with Gasteiger partial charge in [0.05, 0.1) is 12.1 Å². The number of para-hydroxylation sites is 1. The molecule has 0 bridgehead atoms. The summed E-state index contributed by atoms with van der Waals surface area (Å²) in [5.41, 5.74) is 8.46. The van der Waals surface area contributed by atoms with Gasteiger partial charge in [-0.25, -0.2) is 4.98 Å². The van der Waals surface area contributed by atoms with Gasteiger partial charge in [-0.2, -0.15) is 0 Å². The van der Waals surface area contributed by atoms with E-state index in [1.165, 1.54) is 12.8 Å². The Hall–Kier alpha value is -1.71. The summed E-state index contributed by atoms with van der Waals surface area (Å²) in [6.07, 6.45) is 3.54. The number of rotatable bonds is 5. The maximum Gasteiger partial charge on any atom is 0.201 e. The van der Waals surface area contributed by atoms with Crippen molar-refractivity contribution in [2.75, 3.05) is 12.3 Å². The number of ether oxygens (including phenoxy) is 1. The second kappa shape index (κ2) is 4.44. The largest absolute Gasteiger partial charge is 0.491 e. The molecule has 1 aromatic carbocycles. The topological polar surface area (TPSA) is 53.1 Å². The van der Waals surface area contributed by atoms with Gasteiger partial charge in [0.1, 0.15) is 11.3 Å². The quantitative estimate of drug-likeness (QED) is 0.897. The SMILES string of the molecule is CCCOc1cccc2c1nc(N)n2CC1(C)CC1. The van der Waals surface area contributed by atoms with Gasteiger partial charge in [0.15, 0.2) is 0 Å². The molecule has 0 spiro atoms. The fourth-order valence-corrected chi connectivity index (χ4v) is 2.39. The molecule has 3 rings (SSSR count). The monoisotopic (exact) mass is 259 g/mol. The van der Waals surface area contributed by atoms with Crippen LogP contribution in [0, 0.1) is 5.41 Å². The van der Waals surface area contributed by atoms with E-state index in [-0.39, 0.29) is 0 Å². The summed E-state index contributed by atoms with van der Waals surface area (Å²) in [6.45, 7) is 6.06. The van der Waals surface area contributed by atoms with Crippen molar-refractivity contribution < 1.29 is 4.74 Å². The average Bonchev–Trinajstić information content (AvgIpc) is 3.04. The van der Waals surface area contributed by atoms with Crippen molar-refractivity contribution in [1.29, 1.82) is 0 Å². The molecule has 19 heavy (non-hydrogen) atoms. The van der Waals surface area contributed by atoms with Crippen LogP contribution < -0.4 is 10.5 Å². The summed E-state index contributed by atoms with van der Waals surface area (Å²) in [4.78, 5) is 4.49. The lowest BCUT2D eigenvalue weighted by molar-refractivity contribution is 0.320. The highest BCUT2D eigenvalue weighted by atomic mass is 16.5. The van der Waals surface area contributed by atoms with Crippen molar-refractivity contribution in [3.05, 3.63) is 18.2 Å². The molecule has 2 N–H and O–H groups in total. The molecule has 2 aromatic rings. The van der Waals surface area contributed by atoms with Crippen LogP contribution in [0.3, 0.4) is 0 Å². The van der Waals surface area contributed by atoms with Crippen molar-refractivity contribution in [2.24, 2.45) is 5.41 Å². The third-order valence-corrected chi connectivity index (χ3v) is 3.88. The molecule has 1 aromatic heterocycles. The predicted octanol–water partition coefficient (Wildman–Crippen LogP) is 3.21. The first-order chi connectivity index (χ1) is 9.13. The molecular formula is C15H21N3O. The number of imidazole rings is 1. The number of nitrogens with zero attached hydrogens (tertiary/aromatic N) is 2. The van der Waals surface area contributed by atoms with E-state index in [0.29, 0.717) is 18.0 Å². The Balaban J connectivity index is 2.01. The smallest absolute Gasteiger partial charge is 0.201 e. The van der Waals surface area contributed by atoms with Crippen LogP contribution in [0.25, 0.3) is 11.0 Å². The maximum absolute atomic E-state index is 6.08. The summed E-state index contributed by atoms with van der Waals surface area (Å²) < 4.78 is 7.88. The van der Waals surface area contributed by atoms with Gasteiger partial charge in [0.25, 0.3) is 0 Å². The van der Waals surface area contributed by atoms with E-state index < -0.39 is 0 Å². The minimum atomic E-state index is 0.405. The molecule has 0 amide bonds. The Labute approximate surface area is 113 Å². The standard InChI is InChI=1S/C15H21N3O/c1-3-9-19-12-6-4-5-11-13(12)17-14(16)18(11)10-15(2)7-8-15/h4-6H,3,7-10H2,1-2H3,(H2,16,17). The number of nitrogen functional groups attached to an aromatic ring is 1. The van der Waals surface area contributed by atoms with E-state index in [1.54, 1.807) is 0 Å². The lowest BCUT2D eigenvalue weighted by Gasteiger charge is -2.12. The number of anilines is 1. The first kappa shape index (κ1) is 12.3. The van der Waals surface area contributed by atoms with Gasteiger partial charge in [-0.1, -0.05) is 19.9 Å². The van der Waals surface area contributed by atoms with Gasteiger partial charge in [-0.05, 0) is 36.8 Å².